The largest absolute Gasteiger partial charge is 0.380 e. The van der Waals surface area contributed by atoms with Crippen LogP contribution in [0.25, 0.3) is 11.0 Å². The number of aliphatic hydroxyl groups is 1. The molecule has 0 fully saturated rings. The molecule has 0 saturated carbocycles. The van der Waals surface area contributed by atoms with Crippen molar-refractivity contribution in [1.82, 2.24) is 9.97 Å². The third-order valence-electron chi connectivity index (χ3n) is 2.91. The molecule has 96 valence electrons. The molecule has 0 unspecified atom stereocenters. The van der Waals surface area contributed by atoms with E-state index in [0.29, 0.717) is 10.8 Å². The summed E-state index contributed by atoms with van der Waals surface area (Å²) in [6, 6.07) is 12.8. The Morgan fingerprint density at radius 3 is 2.63 bits per heavy atom. The highest BCUT2D eigenvalue weighted by Crippen LogP contribution is 2.24. The summed E-state index contributed by atoms with van der Waals surface area (Å²) < 4.78 is 0.969. The van der Waals surface area contributed by atoms with Gasteiger partial charge in [-0.25, -0.2) is 4.98 Å². The second-order valence-corrected chi connectivity index (χ2v) is 5.59. The van der Waals surface area contributed by atoms with E-state index in [2.05, 4.69) is 25.9 Å². The van der Waals surface area contributed by atoms with E-state index in [4.69, 9.17) is 11.6 Å². The van der Waals surface area contributed by atoms with E-state index in [1.165, 1.54) is 0 Å². The summed E-state index contributed by atoms with van der Waals surface area (Å²) in [5.74, 6) is 0.524. The fourth-order valence-electron chi connectivity index (χ4n) is 1.93. The molecule has 0 amide bonds. The lowest BCUT2D eigenvalue weighted by molar-refractivity contribution is 0.211. The molecule has 19 heavy (non-hydrogen) atoms. The first kappa shape index (κ1) is 12.7. The Hall–Kier alpha value is -1.36. The van der Waals surface area contributed by atoms with Crippen molar-refractivity contribution in [2.24, 2.45) is 0 Å². The minimum atomic E-state index is -0.788. The van der Waals surface area contributed by atoms with Crippen LogP contribution in [0.1, 0.15) is 17.5 Å². The average Bonchev–Trinajstić information content (AvgIpc) is 2.81. The number of H-pyrrole nitrogens is 1. The number of aromatic amines is 1. The molecule has 3 nitrogen and oxygen atoms in total. The van der Waals surface area contributed by atoms with Crippen molar-refractivity contribution in [3.8, 4) is 0 Å². The van der Waals surface area contributed by atoms with Crippen LogP contribution in [0.2, 0.25) is 5.02 Å². The van der Waals surface area contributed by atoms with Crippen molar-refractivity contribution < 1.29 is 5.11 Å². The third-order valence-corrected chi connectivity index (χ3v) is 3.65. The summed E-state index contributed by atoms with van der Waals surface area (Å²) >= 11 is 9.24. The number of fused-ring (bicyclic) bond motifs is 1. The van der Waals surface area contributed by atoms with E-state index in [-0.39, 0.29) is 0 Å². The van der Waals surface area contributed by atoms with Gasteiger partial charge in [-0.3, -0.25) is 0 Å². The van der Waals surface area contributed by atoms with Crippen molar-refractivity contribution in [3.63, 3.8) is 0 Å². The highest BCUT2D eigenvalue weighted by Gasteiger charge is 2.14. The molecule has 0 saturated heterocycles. The quantitative estimate of drug-likeness (QED) is 0.741. The minimum Gasteiger partial charge on any atom is -0.380 e. The van der Waals surface area contributed by atoms with Crippen molar-refractivity contribution in [2.75, 3.05) is 0 Å². The first-order valence-corrected chi connectivity index (χ1v) is 6.89. The number of rotatable bonds is 2. The average molecular weight is 338 g/mol. The summed E-state index contributed by atoms with van der Waals surface area (Å²) in [5, 5.41) is 10.9. The molecule has 1 atom stereocenters. The van der Waals surface area contributed by atoms with Gasteiger partial charge in [0.25, 0.3) is 0 Å². The van der Waals surface area contributed by atoms with Crippen LogP contribution in [0, 0.1) is 0 Å². The van der Waals surface area contributed by atoms with Crippen molar-refractivity contribution in [1.29, 1.82) is 0 Å². The molecule has 3 rings (SSSR count). The van der Waals surface area contributed by atoms with Gasteiger partial charge >= 0.3 is 0 Å². The van der Waals surface area contributed by atoms with Crippen LogP contribution in [0.3, 0.4) is 0 Å². The maximum Gasteiger partial charge on any atom is 0.140 e. The SMILES string of the molecule is O[C@@H](c1ccc(Cl)cc1)c1nc2ccc(Br)cc2[nH]1. The lowest BCUT2D eigenvalue weighted by Crippen LogP contribution is -2.01. The van der Waals surface area contributed by atoms with Crippen LogP contribution >= 0.6 is 27.5 Å². The maximum absolute atomic E-state index is 10.3. The standard InChI is InChI=1S/C14H10BrClN2O/c15-9-3-6-11-12(7-9)18-14(17-11)13(19)8-1-4-10(16)5-2-8/h1-7,13,19H,(H,17,18)/t13-/m0/s1. The number of nitrogens with zero attached hydrogens (tertiary/aromatic N) is 1. The number of aliphatic hydroxyl groups excluding tert-OH is 1. The first-order valence-electron chi connectivity index (χ1n) is 5.72. The molecule has 1 heterocycles. The van der Waals surface area contributed by atoms with Gasteiger partial charge in [-0.05, 0) is 35.9 Å². The molecule has 0 bridgehead atoms. The molecule has 2 N–H and O–H groups in total. The molecule has 0 aliphatic rings. The summed E-state index contributed by atoms with van der Waals surface area (Å²) in [6.07, 6.45) is -0.788. The Morgan fingerprint density at radius 1 is 1.16 bits per heavy atom. The van der Waals surface area contributed by atoms with Crippen LogP contribution in [0.4, 0.5) is 0 Å². The van der Waals surface area contributed by atoms with Gasteiger partial charge in [0.05, 0.1) is 11.0 Å². The zero-order chi connectivity index (χ0) is 13.4. The summed E-state index contributed by atoms with van der Waals surface area (Å²) in [5.41, 5.74) is 2.46. The third kappa shape index (κ3) is 2.52. The fraction of sp³-hybridized carbons (Fsp3) is 0.0714. The van der Waals surface area contributed by atoms with Gasteiger partial charge in [-0.2, -0.15) is 0 Å². The fourth-order valence-corrected chi connectivity index (χ4v) is 2.42. The van der Waals surface area contributed by atoms with Crippen LogP contribution in [-0.2, 0) is 0 Å². The van der Waals surface area contributed by atoms with Crippen LogP contribution in [-0.4, -0.2) is 15.1 Å². The highest BCUT2D eigenvalue weighted by molar-refractivity contribution is 9.10. The van der Waals surface area contributed by atoms with Crippen molar-refractivity contribution in [2.45, 2.75) is 6.10 Å². The Bertz CT molecular complexity index is 724. The van der Waals surface area contributed by atoms with E-state index in [0.717, 1.165) is 21.1 Å². The summed E-state index contributed by atoms with van der Waals surface area (Å²) in [7, 11) is 0. The van der Waals surface area contributed by atoms with E-state index >= 15 is 0 Å². The molecule has 3 aromatic rings. The molecular formula is C14H10BrClN2O. The molecule has 0 radical (unpaired) electrons. The van der Waals surface area contributed by atoms with Gasteiger partial charge in [-0.15, -0.1) is 0 Å². The van der Waals surface area contributed by atoms with E-state index < -0.39 is 6.10 Å². The van der Waals surface area contributed by atoms with E-state index in [9.17, 15) is 5.11 Å². The van der Waals surface area contributed by atoms with E-state index in [1.807, 2.05) is 18.2 Å². The molecule has 2 aromatic carbocycles. The second-order valence-electron chi connectivity index (χ2n) is 4.24. The van der Waals surface area contributed by atoms with Crippen molar-refractivity contribution >= 4 is 38.6 Å². The van der Waals surface area contributed by atoms with Gasteiger partial charge in [0, 0.05) is 9.50 Å². The maximum atomic E-state index is 10.3. The predicted molar refractivity (Wildman–Crippen MR) is 79.3 cm³/mol. The minimum absolute atomic E-state index is 0.524. The number of benzene rings is 2. The lowest BCUT2D eigenvalue weighted by Gasteiger charge is -2.07. The smallest absolute Gasteiger partial charge is 0.140 e. The molecule has 0 aliphatic heterocycles. The normalized spacial score (nSPS) is 12.8. The van der Waals surface area contributed by atoms with Gasteiger partial charge in [-0.1, -0.05) is 39.7 Å². The van der Waals surface area contributed by atoms with Gasteiger partial charge < -0.3 is 10.1 Å². The molecule has 0 spiro atoms. The van der Waals surface area contributed by atoms with Gasteiger partial charge in [0.1, 0.15) is 11.9 Å². The van der Waals surface area contributed by atoms with Crippen LogP contribution in [0.5, 0.6) is 0 Å². The highest BCUT2D eigenvalue weighted by atomic mass is 79.9. The lowest BCUT2D eigenvalue weighted by atomic mass is 10.1. The molecule has 1 aromatic heterocycles. The molecular weight excluding hydrogens is 328 g/mol. The van der Waals surface area contributed by atoms with Crippen molar-refractivity contribution in [3.05, 3.63) is 63.3 Å². The number of halogens is 2. The molecule has 0 aliphatic carbocycles. The molecule has 5 heteroatoms. The first-order chi connectivity index (χ1) is 9.13. The second kappa shape index (κ2) is 4.96. The Morgan fingerprint density at radius 2 is 1.89 bits per heavy atom. The monoisotopic (exact) mass is 336 g/mol. The summed E-state index contributed by atoms with van der Waals surface area (Å²) in [4.78, 5) is 7.52. The topological polar surface area (TPSA) is 48.9 Å². The van der Waals surface area contributed by atoms with E-state index in [1.54, 1.807) is 24.3 Å². The Kier molecular flexibility index (Phi) is 3.31. The number of imidazole rings is 1. The van der Waals surface area contributed by atoms with Crippen LogP contribution in [0.15, 0.2) is 46.9 Å². The Balaban J connectivity index is 2.01. The number of aromatic nitrogens is 2. The Labute approximate surface area is 123 Å². The summed E-state index contributed by atoms with van der Waals surface area (Å²) in [6.45, 7) is 0. The zero-order valence-corrected chi connectivity index (χ0v) is 12.1. The number of nitrogens with one attached hydrogen (secondary N) is 1. The number of hydrogen-bond donors (Lipinski definition) is 2. The predicted octanol–water partition coefficient (Wildman–Crippen LogP) is 4.06. The van der Waals surface area contributed by atoms with Gasteiger partial charge in [0.15, 0.2) is 0 Å². The van der Waals surface area contributed by atoms with Crippen LogP contribution < -0.4 is 0 Å². The number of hydrogen-bond acceptors (Lipinski definition) is 2. The van der Waals surface area contributed by atoms with Gasteiger partial charge in [0.2, 0.25) is 0 Å². The zero-order valence-electron chi connectivity index (χ0n) is 9.77.